The van der Waals surface area contributed by atoms with E-state index in [9.17, 15) is 4.79 Å². The first-order valence-corrected chi connectivity index (χ1v) is 6.83. The summed E-state index contributed by atoms with van der Waals surface area (Å²) in [5, 5.41) is 8.82. The Morgan fingerprint density at radius 3 is 2.50 bits per heavy atom. The van der Waals surface area contributed by atoms with E-state index in [0.717, 1.165) is 5.56 Å². The number of hydrogen-bond donors (Lipinski definition) is 0. The van der Waals surface area contributed by atoms with Crippen LogP contribution in [0.5, 0.6) is 0 Å². The zero-order valence-electron chi connectivity index (χ0n) is 12.8. The number of carbonyl (C=O) groups excluding carboxylic acids is 1. The lowest BCUT2D eigenvalue weighted by atomic mass is 9.69. The van der Waals surface area contributed by atoms with Gasteiger partial charge in [0.15, 0.2) is 0 Å². The highest BCUT2D eigenvalue weighted by molar-refractivity contribution is 5.89. The van der Waals surface area contributed by atoms with Crippen molar-refractivity contribution in [1.82, 2.24) is 9.88 Å². The predicted octanol–water partition coefficient (Wildman–Crippen LogP) is 2.50. The summed E-state index contributed by atoms with van der Waals surface area (Å²) in [6, 6.07) is 5.53. The van der Waals surface area contributed by atoms with Gasteiger partial charge in [-0.2, -0.15) is 5.26 Å². The summed E-state index contributed by atoms with van der Waals surface area (Å²) in [6.45, 7) is 8.38. The molecule has 1 saturated heterocycles. The maximum atomic E-state index is 12.6. The van der Waals surface area contributed by atoms with E-state index in [1.165, 1.54) is 0 Å². The Morgan fingerprint density at radius 1 is 1.35 bits per heavy atom. The maximum Gasteiger partial charge on any atom is 0.144 e. The van der Waals surface area contributed by atoms with E-state index in [-0.39, 0.29) is 22.8 Å². The maximum absolute atomic E-state index is 12.6. The Balaban J connectivity index is 2.44. The second-order valence-electron chi connectivity index (χ2n) is 6.69. The molecule has 1 fully saturated rings. The summed E-state index contributed by atoms with van der Waals surface area (Å²) in [5.41, 5.74) is 0.844. The minimum Gasteiger partial charge on any atom is -0.299 e. The second kappa shape index (κ2) is 4.68. The fourth-order valence-corrected chi connectivity index (χ4v) is 3.25. The molecule has 0 aromatic carbocycles. The molecule has 0 saturated carbocycles. The zero-order chi connectivity index (χ0) is 15.1. The molecule has 4 heteroatoms. The highest BCUT2D eigenvalue weighted by Gasteiger charge is 2.50. The highest BCUT2D eigenvalue weighted by atomic mass is 16.1. The molecule has 2 heterocycles. The molecule has 4 nitrogen and oxygen atoms in total. The van der Waals surface area contributed by atoms with Gasteiger partial charge < -0.3 is 0 Å². The monoisotopic (exact) mass is 271 g/mol. The standard InChI is InChI=1S/C16H21N3O/c1-15(2)8-13(20)14(16(3,4)19(15)5)11-6-7-12(9-17)18-10-11/h6-7,10,14H,8H2,1-5H3. The van der Waals surface area contributed by atoms with Gasteiger partial charge in [-0.25, -0.2) is 4.98 Å². The third-order valence-electron chi connectivity index (χ3n) is 4.64. The molecule has 0 N–H and O–H groups in total. The van der Waals surface area contributed by atoms with Crippen molar-refractivity contribution in [2.24, 2.45) is 0 Å². The minimum absolute atomic E-state index is 0.142. The topological polar surface area (TPSA) is 57.0 Å². The molecule has 0 amide bonds. The van der Waals surface area contributed by atoms with Crippen molar-refractivity contribution in [2.45, 2.75) is 51.1 Å². The molecule has 1 aliphatic rings. The Morgan fingerprint density at radius 2 is 2.00 bits per heavy atom. The van der Waals surface area contributed by atoms with Gasteiger partial charge in [0.05, 0.1) is 5.92 Å². The number of nitriles is 1. The summed E-state index contributed by atoms with van der Waals surface area (Å²) in [6.07, 6.45) is 2.19. The van der Waals surface area contributed by atoms with E-state index in [0.29, 0.717) is 12.1 Å². The molecular formula is C16H21N3O. The average molecular weight is 271 g/mol. The lowest BCUT2D eigenvalue weighted by molar-refractivity contribution is -0.135. The van der Waals surface area contributed by atoms with Crippen LogP contribution in [0.2, 0.25) is 0 Å². The first kappa shape index (κ1) is 14.7. The number of nitrogens with zero attached hydrogens (tertiary/aromatic N) is 3. The third-order valence-corrected chi connectivity index (χ3v) is 4.64. The van der Waals surface area contributed by atoms with E-state index in [1.807, 2.05) is 12.1 Å². The number of hydrogen-bond acceptors (Lipinski definition) is 4. The molecule has 1 aromatic heterocycles. The lowest BCUT2D eigenvalue weighted by Gasteiger charge is -2.54. The molecule has 0 spiro atoms. The van der Waals surface area contributed by atoms with Gasteiger partial charge in [0.25, 0.3) is 0 Å². The van der Waals surface area contributed by atoms with E-state index in [4.69, 9.17) is 5.26 Å². The molecule has 0 bridgehead atoms. The summed E-state index contributed by atoms with van der Waals surface area (Å²) < 4.78 is 0. The van der Waals surface area contributed by atoms with Crippen molar-refractivity contribution in [3.8, 4) is 6.07 Å². The quantitative estimate of drug-likeness (QED) is 0.787. The first-order valence-electron chi connectivity index (χ1n) is 6.83. The zero-order valence-corrected chi connectivity index (χ0v) is 12.8. The van der Waals surface area contributed by atoms with Gasteiger partial charge in [0.2, 0.25) is 0 Å². The molecule has 1 aromatic rings. The molecule has 1 unspecified atom stereocenters. The lowest BCUT2D eigenvalue weighted by Crippen LogP contribution is -2.62. The SMILES string of the molecule is CN1C(C)(C)CC(=O)C(c2ccc(C#N)nc2)C1(C)C. The third kappa shape index (κ3) is 2.23. The van der Waals surface area contributed by atoms with Gasteiger partial charge in [-0.3, -0.25) is 9.69 Å². The molecule has 20 heavy (non-hydrogen) atoms. The minimum atomic E-state index is -0.283. The second-order valence-corrected chi connectivity index (χ2v) is 6.69. The van der Waals surface area contributed by atoms with Crippen LogP contribution in [0.4, 0.5) is 0 Å². The number of piperidine rings is 1. The Bertz CT molecular complexity index is 566. The van der Waals surface area contributed by atoms with Gasteiger partial charge in [0, 0.05) is 23.7 Å². The van der Waals surface area contributed by atoms with Crippen molar-refractivity contribution < 1.29 is 4.79 Å². The van der Waals surface area contributed by atoms with Crippen LogP contribution < -0.4 is 0 Å². The van der Waals surface area contributed by atoms with E-state index in [1.54, 1.807) is 12.3 Å². The predicted molar refractivity (Wildman–Crippen MR) is 77.2 cm³/mol. The first-order chi connectivity index (χ1) is 9.20. The Kier molecular flexibility index (Phi) is 3.43. The summed E-state index contributed by atoms with van der Waals surface area (Å²) >= 11 is 0. The van der Waals surface area contributed by atoms with Gasteiger partial charge in [-0.1, -0.05) is 6.07 Å². The largest absolute Gasteiger partial charge is 0.299 e. The van der Waals surface area contributed by atoms with Crippen LogP contribution in [-0.4, -0.2) is 33.8 Å². The van der Waals surface area contributed by atoms with Gasteiger partial charge in [-0.05, 0) is 46.4 Å². The highest BCUT2D eigenvalue weighted by Crippen LogP contribution is 2.43. The van der Waals surface area contributed by atoms with Crippen molar-refractivity contribution in [1.29, 1.82) is 5.26 Å². The van der Waals surface area contributed by atoms with Gasteiger partial charge >= 0.3 is 0 Å². The molecule has 106 valence electrons. The number of Topliss-reactive ketones (excluding diaryl/α,β-unsaturated/α-hetero) is 1. The van der Waals surface area contributed by atoms with Crippen LogP contribution >= 0.6 is 0 Å². The van der Waals surface area contributed by atoms with Crippen molar-refractivity contribution >= 4 is 5.78 Å². The molecule has 0 aliphatic carbocycles. The number of pyridine rings is 1. The molecular weight excluding hydrogens is 250 g/mol. The molecule has 0 radical (unpaired) electrons. The number of likely N-dealkylation sites (N-methyl/N-ethyl adjacent to an activating group) is 1. The van der Waals surface area contributed by atoms with Crippen LogP contribution in [-0.2, 0) is 4.79 Å². The normalized spacial score (nSPS) is 25.2. The van der Waals surface area contributed by atoms with E-state index in [2.05, 4.69) is 44.6 Å². The number of rotatable bonds is 1. The van der Waals surface area contributed by atoms with Crippen molar-refractivity contribution in [3.05, 3.63) is 29.6 Å². The number of aromatic nitrogens is 1. The van der Waals surface area contributed by atoms with Crippen LogP contribution in [0, 0.1) is 11.3 Å². The van der Waals surface area contributed by atoms with E-state index < -0.39 is 0 Å². The molecule has 1 aliphatic heterocycles. The van der Waals surface area contributed by atoms with Gasteiger partial charge in [-0.15, -0.1) is 0 Å². The average Bonchev–Trinajstić information content (AvgIpc) is 2.36. The Labute approximate surface area is 120 Å². The van der Waals surface area contributed by atoms with Crippen LogP contribution in [0.25, 0.3) is 0 Å². The van der Waals surface area contributed by atoms with Crippen LogP contribution in [0.15, 0.2) is 18.3 Å². The van der Waals surface area contributed by atoms with Crippen molar-refractivity contribution in [2.75, 3.05) is 7.05 Å². The van der Waals surface area contributed by atoms with E-state index >= 15 is 0 Å². The number of likely N-dealkylation sites (tertiary alicyclic amines) is 1. The van der Waals surface area contributed by atoms with Gasteiger partial charge in [0.1, 0.15) is 17.5 Å². The fraction of sp³-hybridized carbons (Fsp3) is 0.562. The smallest absolute Gasteiger partial charge is 0.144 e. The fourth-order valence-electron chi connectivity index (χ4n) is 3.25. The molecule has 2 rings (SSSR count). The summed E-state index contributed by atoms with van der Waals surface area (Å²) in [4.78, 5) is 19.0. The summed E-state index contributed by atoms with van der Waals surface area (Å²) in [5.74, 6) is 0.0328. The number of carbonyl (C=O) groups is 1. The molecule has 1 atom stereocenters. The number of ketones is 1. The Hall–Kier alpha value is -1.73. The van der Waals surface area contributed by atoms with Crippen LogP contribution in [0.1, 0.15) is 51.3 Å². The summed E-state index contributed by atoms with van der Waals surface area (Å²) in [7, 11) is 2.07. The van der Waals surface area contributed by atoms with Crippen molar-refractivity contribution in [3.63, 3.8) is 0 Å². The van der Waals surface area contributed by atoms with Crippen LogP contribution in [0.3, 0.4) is 0 Å².